The Labute approximate surface area is 115 Å². The van der Waals surface area contributed by atoms with Crippen LogP contribution < -0.4 is 10.6 Å². The molecule has 1 aromatic carbocycles. The second-order valence-electron chi connectivity index (χ2n) is 5.34. The summed E-state index contributed by atoms with van der Waals surface area (Å²) in [5.74, 6) is 0.399. The van der Waals surface area contributed by atoms with E-state index >= 15 is 0 Å². The second-order valence-corrected chi connectivity index (χ2v) is 6.19. The van der Waals surface area contributed by atoms with E-state index < -0.39 is 0 Å². The first-order valence-electron chi connectivity index (χ1n) is 6.47. The predicted octanol–water partition coefficient (Wildman–Crippen LogP) is 2.78. The molecular weight excluding hydrogens is 292 g/mol. The Kier molecular flexibility index (Phi) is 3.16. The number of para-hydroxylation sites is 1. The Balaban J connectivity index is 1.65. The standard InChI is InChI=1S/C14H17BrN2O/c15-11-3-1-2-4-12(11)17-13(18)10-9-14(10)5-7-16-8-6-14/h1-4,10,16H,5-9H2,(H,17,18). The number of carbonyl (C=O) groups is 1. The summed E-state index contributed by atoms with van der Waals surface area (Å²) in [5.41, 5.74) is 1.18. The lowest BCUT2D eigenvalue weighted by Gasteiger charge is -2.23. The molecule has 1 heterocycles. The third-order valence-electron chi connectivity index (χ3n) is 4.24. The highest BCUT2D eigenvalue weighted by atomic mass is 79.9. The first kappa shape index (κ1) is 12.2. The minimum atomic E-state index is 0.184. The first-order valence-corrected chi connectivity index (χ1v) is 7.27. The molecule has 2 N–H and O–H groups in total. The fourth-order valence-corrected chi connectivity index (χ4v) is 3.36. The van der Waals surface area contributed by atoms with E-state index in [1.165, 1.54) is 0 Å². The molecule has 2 fully saturated rings. The Morgan fingerprint density at radius 1 is 1.33 bits per heavy atom. The van der Waals surface area contributed by atoms with Crippen LogP contribution in [0.4, 0.5) is 5.69 Å². The third-order valence-corrected chi connectivity index (χ3v) is 4.93. The quantitative estimate of drug-likeness (QED) is 0.882. The van der Waals surface area contributed by atoms with Crippen molar-refractivity contribution in [3.63, 3.8) is 0 Å². The van der Waals surface area contributed by atoms with Crippen molar-refractivity contribution in [3.05, 3.63) is 28.7 Å². The molecule has 0 aromatic heterocycles. The van der Waals surface area contributed by atoms with Crippen LogP contribution in [-0.4, -0.2) is 19.0 Å². The summed E-state index contributed by atoms with van der Waals surface area (Å²) in [6.45, 7) is 2.11. The molecule has 0 radical (unpaired) electrons. The highest BCUT2D eigenvalue weighted by Gasteiger charge is 2.57. The fourth-order valence-electron chi connectivity index (χ4n) is 2.98. The fraction of sp³-hybridized carbons (Fsp3) is 0.500. The average molecular weight is 309 g/mol. The molecule has 3 rings (SSSR count). The number of amides is 1. The van der Waals surface area contributed by atoms with Gasteiger partial charge >= 0.3 is 0 Å². The Bertz CT molecular complexity index is 469. The van der Waals surface area contributed by atoms with Crippen LogP contribution in [-0.2, 0) is 4.79 Å². The number of anilines is 1. The zero-order chi connectivity index (χ0) is 12.6. The van der Waals surface area contributed by atoms with E-state index in [4.69, 9.17) is 0 Å². The molecule has 1 aliphatic heterocycles. The van der Waals surface area contributed by atoms with Crippen molar-refractivity contribution in [2.45, 2.75) is 19.3 Å². The number of piperidine rings is 1. The van der Waals surface area contributed by atoms with Crippen LogP contribution in [0.2, 0.25) is 0 Å². The number of benzene rings is 1. The molecular formula is C14H17BrN2O. The van der Waals surface area contributed by atoms with Gasteiger partial charge in [-0.3, -0.25) is 4.79 Å². The Morgan fingerprint density at radius 2 is 2.06 bits per heavy atom. The Hall–Kier alpha value is -0.870. The third kappa shape index (κ3) is 2.19. The maximum Gasteiger partial charge on any atom is 0.228 e. The molecule has 1 spiro atoms. The van der Waals surface area contributed by atoms with E-state index in [1.807, 2.05) is 24.3 Å². The summed E-state index contributed by atoms with van der Waals surface area (Å²) < 4.78 is 0.943. The summed E-state index contributed by atoms with van der Waals surface area (Å²) in [5, 5.41) is 6.40. The van der Waals surface area contributed by atoms with E-state index in [2.05, 4.69) is 26.6 Å². The highest BCUT2D eigenvalue weighted by Crippen LogP contribution is 2.58. The smallest absolute Gasteiger partial charge is 0.228 e. The lowest BCUT2D eigenvalue weighted by Crippen LogP contribution is -2.31. The number of hydrogen-bond donors (Lipinski definition) is 2. The largest absolute Gasteiger partial charge is 0.325 e. The number of hydrogen-bond acceptors (Lipinski definition) is 2. The van der Waals surface area contributed by atoms with Gasteiger partial charge in [0.05, 0.1) is 5.69 Å². The number of carbonyl (C=O) groups excluding carboxylic acids is 1. The van der Waals surface area contributed by atoms with E-state index in [0.29, 0.717) is 5.41 Å². The van der Waals surface area contributed by atoms with Gasteiger partial charge in [-0.2, -0.15) is 0 Å². The van der Waals surface area contributed by atoms with Gasteiger partial charge in [0.25, 0.3) is 0 Å². The molecule has 1 atom stereocenters. The monoisotopic (exact) mass is 308 g/mol. The summed E-state index contributed by atoms with van der Waals surface area (Å²) in [6.07, 6.45) is 3.34. The average Bonchev–Trinajstić information content (AvgIpc) is 3.07. The van der Waals surface area contributed by atoms with E-state index in [-0.39, 0.29) is 11.8 Å². The minimum Gasteiger partial charge on any atom is -0.325 e. The first-order chi connectivity index (χ1) is 8.71. The van der Waals surface area contributed by atoms with Gasteiger partial charge in [0.2, 0.25) is 5.91 Å². The van der Waals surface area contributed by atoms with Gasteiger partial charge in [-0.1, -0.05) is 12.1 Å². The van der Waals surface area contributed by atoms with E-state index in [9.17, 15) is 4.79 Å². The lowest BCUT2D eigenvalue weighted by molar-refractivity contribution is -0.118. The zero-order valence-corrected chi connectivity index (χ0v) is 11.8. The van der Waals surface area contributed by atoms with Crippen LogP contribution in [0.25, 0.3) is 0 Å². The van der Waals surface area contributed by atoms with Crippen molar-refractivity contribution in [3.8, 4) is 0 Å². The topological polar surface area (TPSA) is 41.1 Å². The van der Waals surface area contributed by atoms with E-state index in [1.54, 1.807) is 0 Å². The van der Waals surface area contributed by atoms with E-state index in [0.717, 1.165) is 42.5 Å². The van der Waals surface area contributed by atoms with Gasteiger partial charge in [-0.15, -0.1) is 0 Å². The molecule has 3 nitrogen and oxygen atoms in total. The van der Waals surface area contributed by atoms with Crippen LogP contribution in [0.15, 0.2) is 28.7 Å². The molecule has 1 aliphatic carbocycles. The van der Waals surface area contributed by atoms with Gasteiger partial charge in [0.15, 0.2) is 0 Å². The van der Waals surface area contributed by atoms with Gasteiger partial charge in [0, 0.05) is 10.4 Å². The molecule has 1 amide bonds. The molecule has 1 unspecified atom stereocenters. The zero-order valence-electron chi connectivity index (χ0n) is 10.2. The second kappa shape index (κ2) is 4.67. The van der Waals surface area contributed by atoms with Crippen LogP contribution in [0, 0.1) is 11.3 Å². The van der Waals surface area contributed by atoms with Crippen LogP contribution >= 0.6 is 15.9 Å². The van der Waals surface area contributed by atoms with Crippen LogP contribution in [0.1, 0.15) is 19.3 Å². The van der Waals surface area contributed by atoms with Gasteiger partial charge in [-0.25, -0.2) is 0 Å². The molecule has 2 aliphatic rings. The van der Waals surface area contributed by atoms with Crippen molar-refractivity contribution in [1.29, 1.82) is 0 Å². The summed E-state index contributed by atoms with van der Waals surface area (Å²) in [6, 6.07) is 7.76. The van der Waals surface area contributed by atoms with Crippen molar-refractivity contribution in [2.75, 3.05) is 18.4 Å². The van der Waals surface area contributed by atoms with Crippen molar-refractivity contribution in [2.24, 2.45) is 11.3 Å². The molecule has 4 heteroatoms. The molecule has 18 heavy (non-hydrogen) atoms. The van der Waals surface area contributed by atoms with Crippen molar-refractivity contribution in [1.82, 2.24) is 5.32 Å². The highest BCUT2D eigenvalue weighted by molar-refractivity contribution is 9.10. The molecule has 1 saturated carbocycles. The summed E-state index contributed by atoms with van der Waals surface area (Å²) in [4.78, 5) is 12.2. The minimum absolute atomic E-state index is 0.184. The Morgan fingerprint density at radius 3 is 2.78 bits per heavy atom. The molecule has 1 saturated heterocycles. The van der Waals surface area contributed by atoms with Crippen LogP contribution in [0.3, 0.4) is 0 Å². The van der Waals surface area contributed by atoms with Gasteiger partial charge < -0.3 is 10.6 Å². The predicted molar refractivity (Wildman–Crippen MR) is 75.4 cm³/mol. The van der Waals surface area contributed by atoms with Crippen molar-refractivity contribution < 1.29 is 4.79 Å². The van der Waals surface area contributed by atoms with Crippen LogP contribution in [0.5, 0.6) is 0 Å². The van der Waals surface area contributed by atoms with Gasteiger partial charge in [-0.05, 0) is 65.8 Å². The van der Waals surface area contributed by atoms with Crippen molar-refractivity contribution >= 4 is 27.5 Å². The SMILES string of the molecule is O=C(Nc1ccccc1Br)C1CC12CCNCC2. The number of rotatable bonds is 2. The maximum atomic E-state index is 12.2. The normalized spacial score (nSPS) is 24.8. The number of halogens is 1. The molecule has 96 valence electrons. The number of nitrogens with one attached hydrogen (secondary N) is 2. The summed E-state index contributed by atoms with van der Waals surface area (Å²) >= 11 is 3.46. The lowest BCUT2D eigenvalue weighted by atomic mass is 9.92. The molecule has 1 aromatic rings. The van der Waals surface area contributed by atoms with Gasteiger partial charge in [0.1, 0.15) is 0 Å². The molecule has 0 bridgehead atoms. The maximum absolute atomic E-state index is 12.2. The summed E-state index contributed by atoms with van der Waals surface area (Å²) in [7, 11) is 0.